The normalized spacial score (nSPS) is 16.3. The molecule has 2 rings (SSSR count). The van der Waals surface area contributed by atoms with Crippen LogP contribution in [-0.2, 0) is 4.79 Å². The summed E-state index contributed by atoms with van der Waals surface area (Å²) in [6, 6.07) is 4.28. The second-order valence-electron chi connectivity index (χ2n) is 4.90. The Kier molecular flexibility index (Phi) is 5.34. The van der Waals surface area contributed by atoms with Gasteiger partial charge in [-0.1, -0.05) is 0 Å². The Morgan fingerprint density at radius 2 is 2.16 bits per heavy atom. The molecule has 1 aliphatic heterocycles. The number of benzene rings is 1. The molecule has 0 bridgehead atoms. The number of hydrogen-bond acceptors (Lipinski definition) is 2. The van der Waals surface area contributed by atoms with Crippen molar-refractivity contribution in [2.24, 2.45) is 5.92 Å². The van der Waals surface area contributed by atoms with Crippen molar-refractivity contribution in [3.63, 3.8) is 0 Å². The Morgan fingerprint density at radius 3 is 2.89 bits per heavy atom. The zero-order chi connectivity index (χ0) is 13.7. The lowest BCUT2D eigenvalue weighted by atomic mass is 9.93. The molecule has 1 aliphatic rings. The van der Waals surface area contributed by atoms with Crippen molar-refractivity contribution in [2.75, 3.05) is 18.4 Å². The first-order valence-corrected chi connectivity index (χ1v) is 7.40. The van der Waals surface area contributed by atoms with Crippen LogP contribution in [0.3, 0.4) is 0 Å². The third-order valence-electron chi connectivity index (χ3n) is 3.44. The lowest BCUT2D eigenvalue weighted by Crippen LogP contribution is -2.28. The Hall–Kier alpha value is -0.940. The van der Waals surface area contributed by atoms with Gasteiger partial charge in [0.05, 0.1) is 5.69 Å². The molecule has 5 heteroatoms. The Morgan fingerprint density at radius 1 is 1.42 bits per heavy atom. The van der Waals surface area contributed by atoms with Gasteiger partial charge in [-0.25, -0.2) is 4.39 Å². The molecule has 2 N–H and O–H groups in total. The molecule has 0 atom stereocenters. The zero-order valence-corrected chi connectivity index (χ0v) is 12.3. The summed E-state index contributed by atoms with van der Waals surface area (Å²) in [4.78, 5) is 11.8. The largest absolute Gasteiger partial charge is 0.325 e. The predicted molar refractivity (Wildman–Crippen MR) is 77.6 cm³/mol. The number of nitrogens with one attached hydrogen (secondary N) is 2. The van der Waals surface area contributed by atoms with Crippen molar-refractivity contribution in [3.8, 4) is 0 Å². The number of hydrogen-bond donors (Lipinski definition) is 2. The maximum Gasteiger partial charge on any atom is 0.224 e. The molecule has 19 heavy (non-hydrogen) atoms. The number of carbonyl (C=O) groups is 1. The van der Waals surface area contributed by atoms with E-state index in [0.29, 0.717) is 22.5 Å². The molecule has 1 heterocycles. The maximum absolute atomic E-state index is 13.1. The van der Waals surface area contributed by atoms with Crippen LogP contribution in [0.1, 0.15) is 25.7 Å². The van der Waals surface area contributed by atoms with Crippen molar-refractivity contribution in [2.45, 2.75) is 25.7 Å². The summed E-state index contributed by atoms with van der Waals surface area (Å²) in [6.45, 7) is 2.09. The Balaban J connectivity index is 1.81. The van der Waals surface area contributed by atoms with Crippen LogP contribution in [0, 0.1) is 11.7 Å². The number of piperidine rings is 1. The summed E-state index contributed by atoms with van der Waals surface area (Å²) >= 11 is 3.30. The highest BCUT2D eigenvalue weighted by Gasteiger charge is 2.15. The molecule has 1 saturated heterocycles. The Labute approximate surface area is 121 Å². The van der Waals surface area contributed by atoms with Gasteiger partial charge in [0.1, 0.15) is 5.82 Å². The van der Waals surface area contributed by atoms with E-state index in [4.69, 9.17) is 0 Å². The predicted octanol–water partition coefficient (Wildman–Crippen LogP) is 3.31. The van der Waals surface area contributed by atoms with E-state index in [0.717, 1.165) is 32.4 Å². The minimum atomic E-state index is -0.350. The van der Waals surface area contributed by atoms with E-state index in [2.05, 4.69) is 26.6 Å². The molecule has 0 unspecified atom stereocenters. The van der Waals surface area contributed by atoms with E-state index in [-0.39, 0.29) is 11.7 Å². The van der Waals surface area contributed by atoms with E-state index in [1.807, 2.05) is 0 Å². The average molecular weight is 329 g/mol. The van der Waals surface area contributed by atoms with Crippen LogP contribution in [0.2, 0.25) is 0 Å². The summed E-state index contributed by atoms with van der Waals surface area (Å²) in [7, 11) is 0. The van der Waals surface area contributed by atoms with Crippen LogP contribution in [0.15, 0.2) is 22.7 Å². The first-order chi connectivity index (χ1) is 9.15. The fraction of sp³-hybridized carbons (Fsp3) is 0.500. The maximum atomic E-state index is 13.1. The smallest absolute Gasteiger partial charge is 0.224 e. The first kappa shape index (κ1) is 14.5. The highest BCUT2D eigenvalue weighted by atomic mass is 79.9. The molecular formula is C14H18BrFN2O. The minimum absolute atomic E-state index is 0.0511. The monoisotopic (exact) mass is 328 g/mol. The van der Waals surface area contributed by atoms with Crippen molar-refractivity contribution in [1.29, 1.82) is 0 Å². The van der Waals surface area contributed by atoms with Gasteiger partial charge in [-0.15, -0.1) is 0 Å². The van der Waals surface area contributed by atoms with Gasteiger partial charge < -0.3 is 10.6 Å². The van der Waals surface area contributed by atoms with Gasteiger partial charge in [0.2, 0.25) is 5.91 Å². The fourth-order valence-electron chi connectivity index (χ4n) is 2.31. The molecule has 1 amide bonds. The SMILES string of the molecule is O=C(CCC1CCNCC1)Nc1cc(F)ccc1Br. The summed E-state index contributed by atoms with van der Waals surface area (Å²) in [6.07, 6.45) is 3.67. The van der Waals surface area contributed by atoms with Gasteiger partial charge in [0, 0.05) is 10.9 Å². The van der Waals surface area contributed by atoms with E-state index >= 15 is 0 Å². The van der Waals surface area contributed by atoms with Crippen LogP contribution >= 0.6 is 15.9 Å². The summed E-state index contributed by atoms with van der Waals surface area (Å²) in [5, 5.41) is 6.06. The van der Waals surface area contributed by atoms with Crippen molar-refractivity contribution in [1.82, 2.24) is 5.32 Å². The number of rotatable bonds is 4. The van der Waals surface area contributed by atoms with Crippen LogP contribution in [0.5, 0.6) is 0 Å². The molecule has 1 aromatic carbocycles. The van der Waals surface area contributed by atoms with Crippen molar-refractivity contribution < 1.29 is 9.18 Å². The van der Waals surface area contributed by atoms with Crippen molar-refractivity contribution >= 4 is 27.5 Å². The Bertz CT molecular complexity index is 447. The third kappa shape index (κ3) is 4.58. The van der Waals surface area contributed by atoms with E-state index in [1.54, 1.807) is 6.07 Å². The van der Waals surface area contributed by atoms with Gasteiger partial charge in [0.25, 0.3) is 0 Å². The molecule has 104 valence electrons. The second kappa shape index (κ2) is 7.01. The lowest BCUT2D eigenvalue weighted by Gasteiger charge is -2.22. The molecule has 0 aromatic heterocycles. The van der Waals surface area contributed by atoms with E-state index < -0.39 is 0 Å². The number of amides is 1. The van der Waals surface area contributed by atoms with Gasteiger partial charge >= 0.3 is 0 Å². The van der Waals surface area contributed by atoms with Crippen molar-refractivity contribution in [3.05, 3.63) is 28.5 Å². The molecule has 0 aliphatic carbocycles. The zero-order valence-electron chi connectivity index (χ0n) is 10.7. The first-order valence-electron chi connectivity index (χ1n) is 6.61. The highest BCUT2D eigenvalue weighted by Crippen LogP contribution is 2.24. The standard InChI is InChI=1S/C14H18BrFN2O/c15-12-3-2-11(16)9-13(12)18-14(19)4-1-10-5-7-17-8-6-10/h2-3,9-10,17H,1,4-8H2,(H,18,19). The second-order valence-corrected chi connectivity index (χ2v) is 5.76. The molecule has 3 nitrogen and oxygen atoms in total. The van der Waals surface area contributed by atoms with E-state index in [1.165, 1.54) is 12.1 Å². The third-order valence-corrected chi connectivity index (χ3v) is 4.13. The molecular weight excluding hydrogens is 311 g/mol. The van der Waals surface area contributed by atoms with Crippen LogP contribution in [0.4, 0.5) is 10.1 Å². The highest BCUT2D eigenvalue weighted by molar-refractivity contribution is 9.10. The molecule has 1 fully saturated rings. The van der Waals surface area contributed by atoms with E-state index in [9.17, 15) is 9.18 Å². The van der Waals surface area contributed by atoms with Gasteiger partial charge in [-0.2, -0.15) is 0 Å². The van der Waals surface area contributed by atoms with Gasteiger partial charge in [-0.3, -0.25) is 4.79 Å². The van der Waals surface area contributed by atoms with Crippen LogP contribution in [-0.4, -0.2) is 19.0 Å². The molecule has 0 radical (unpaired) electrons. The molecule has 0 saturated carbocycles. The number of anilines is 1. The average Bonchev–Trinajstić information content (AvgIpc) is 2.42. The summed E-state index contributed by atoms with van der Waals surface area (Å²) in [5.74, 6) is 0.227. The van der Waals surface area contributed by atoms with Gasteiger partial charge in [0.15, 0.2) is 0 Å². The summed E-state index contributed by atoms with van der Waals surface area (Å²) in [5.41, 5.74) is 0.496. The molecule has 1 aromatic rings. The van der Waals surface area contributed by atoms with Gasteiger partial charge in [-0.05, 0) is 72.4 Å². The minimum Gasteiger partial charge on any atom is -0.325 e. The van der Waals surface area contributed by atoms with Crippen LogP contribution < -0.4 is 10.6 Å². The molecule has 0 spiro atoms. The summed E-state index contributed by atoms with van der Waals surface area (Å²) < 4.78 is 13.8. The lowest BCUT2D eigenvalue weighted by molar-refractivity contribution is -0.116. The quantitative estimate of drug-likeness (QED) is 0.890. The van der Waals surface area contributed by atoms with Crippen LogP contribution in [0.25, 0.3) is 0 Å². The number of halogens is 2. The fourth-order valence-corrected chi connectivity index (χ4v) is 2.66. The number of carbonyl (C=O) groups excluding carboxylic acids is 1. The topological polar surface area (TPSA) is 41.1 Å².